The Hall–Kier alpha value is -1.91. The maximum Gasteiger partial charge on any atom is 0.145 e. The number of aliphatic hydroxyl groups is 1. The van der Waals surface area contributed by atoms with E-state index < -0.39 is 6.23 Å². The second kappa shape index (κ2) is 5.87. The molecule has 0 spiro atoms. The highest BCUT2D eigenvalue weighted by Gasteiger charge is 2.38. The van der Waals surface area contributed by atoms with Crippen molar-refractivity contribution in [3.05, 3.63) is 47.2 Å². The zero-order chi connectivity index (χ0) is 16.8. The molecule has 0 fully saturated rings. The molecule has 4 nitrogen and oxygen atoms in total. The number of likely N-dealkylation sites (N-methyl/N-ethyl adjacent to an activating group) is 1. The van der Waals surface area contributed by atoms with Crippen LogP contribution in [0.2, 0.25) is 0 Å². The summed E-state index contributed by atoms with van der Waals surface area (Å²) in [7, 11) is 2.15. The number of nitrogens with zero attached hydrogens (tertiary/aromatic N) is 2. The summed E-state index contributed by atoms with van der Waals surface area (Å²) in [5.74, 6) is 0.0968. The molecule has 0 bridgehead atoms. The van der Waals surface area contributed by atoms with E-state index in [0.29, 0.717) is 6.42 Å². The van der Waals surface area contributed by atoms with Crippen LogP contribution in [0.15, 0.2) is 35.9 Å². The van der Waals surface area contributed by atoms with Crippen LogP contribution < -0.4 is 0 Å². The van der Waals surface area contributed by atoms with Gasteiger partial charge in [0.2, 0.25) is 0 Å². The second-order valence-corrected chi connectivity index (χ2v) is 7.05. The number of carbonyl (C=O) groups excluding carboxylic acids is 1. The van der Waals surface area contributed by atoms with Crippen molar-refractivity contribution in [2.45, 2.75) is 38.5 Å². The van der Waals surface area contributed by atoms with E-state index in [4.69, 9.17) is 0 Å². The first-order valence-corrected chi connectivity index (χ1v) is 8.77. The largest absolute Gasteiger partial charge is 0.373 e. The summed E-state index contributed by atoms with van der Waals surface area (Å²) < 4.78 is 2.13. The summed E-state index contributed by atoms with van der Waals surface area (Å²) in [6.07, 6.45) is 4.75. The van der Waals surface area contributed by atoms with Crippen LogP contribution in [0.5, 0.6) is 0 Å². The maximum absolute atomic E-state index is 11.5. The number of fused-ring (bicyclic) bond motifs is 3. The standard InChI is InChI=1S/C20H24N2O2/c1-3-13(12-23)14-10-18-20-16(8-9-21(18)2)15-6-4-5-7-17(15)22(20)19(24)11-14/h3-7,12,14,18-19,24H,8-11H2,1-2H3/b13-3+/t14-,18+,19+/m1/s1. The summed E-state index contributed by atoms with van der Waals surface area (Å²) in [5, 5.41) is 12.3. The van der Waals surface area contributed by atoms with Crippen LogP contribution in [0, 0.1) is 5.92 Å². The normalized spacial score (nSPS) is 27.8. The first-order chi connectivity index (χ1) is 11.7. The van der Waals surface area contributed by atoms with Crippen LogP contribution in [-0.4, -0.2) is 34.5 Å². The second-order valence-electron chi connectivity index (χ2n) is 7.05. The number of rotatable bonds is 2. The van der Waals surface area contributed by atoms with Gasteiger partial charge >= 0.3 is 0 Å². The molecule has 2 aromatic rings. The Morgan fingerprint density at radius 1 is 1.29 bits per heavy atom. The van der Waals surface area contributed by atoms with E-state index in [1.54, 1.807) is 0 Å². The summed E-state index contributed by atoms with van der Waals surface area (Å²) in [6, 6.07) is 8.63. The quantitative estimate of drug-likeness (QED) is 0.681. The molecule has 0 aliphatic carbocycles. The molecule has 4 heteroatoms. The molecule has 3 heterocycles. The number of aliphatic hydroxyl groups excluding tert-OH is 1. The Morgan fingerprint density at radius 2 is 2.08 bits per heavy atom. The fourth-order valence-corrected chi connectivity index (χ4v) is 4.64. The zero-order valence-electron chi connectivity index (χ0n) is 14.3. The lowest BCUT2D eigenvalue weighted by Crippen LogP contribution is -2.33. The molecule has 4 rings (SSSR count). The van der Waals surface area contributed by atoms with Crippen LogP contribution in [0.3, 0.4) is 0 Å². The van der Waals surface area contributed by atoms with Gasteiger partial charge in [-0.15, -0.1) is 0 Å². The van der Waals surface area contributed by atoms with Gasteiger partial charge in [-0.2, -0.15) is 0 Å². The third-order valence-corrected chi connectivity index (χ3v) is 5.86. The molecule has 1 aromatic carbocycles. The Kier molecular flexibility index (Phi) is 3.82. The highest BCUT2D eigenvalue weighted by molar-refractivity contribution is 5.86. The minimum atomic E-state index is -0.588. The molecule has 2 aliphatic rings. The summed E-state index contributed by atoms with van der Waals surface area (Å²) in [4.78, 5) is 13.8. The van der Waals surface area contributed by atoms with Crippen molar-refractivity contribution in [1.29, 1.82) is 0 Å². The minimum Gasteiger partial charge on any atom is -0.373 e. The number of hydrogen-bond donors (Lipinski definition) is 1. The van der Waals surface area contributed by atoms with Gasteiger partial charge in [0.25, 0.3) is 0 Å². The number of benzene rings is 1. The first-order valence-electron chi connectivity index (χ1n) is 8.77. The zero-order valence-corrected chi connectivity index (χ0v) is 14.3. The summed E-state index contributed by atoms with van der Waals surface area (Å²) in [6.45, 7) is 2.92. The molecule has 24 heavy (non-hydrogen) atoms. The molecule has 126 valence electrons. The van der Waals surface area contributed by atoms with Crippen molar-refractivity contribution in [2.24, 2.45) is 5.92 Å². The van der Waals surface area contributed by atoms with Crippen LogP contribution >= 0.6 is 0 Å². The first kappa shape index (κ1) is 15.6. The highest BCUT2D eigenvalue weighted by Crippen LogP contribution is 2.46. The Morgan fingerprint density at radius 3 is 2.83 bits per heavy atom. The Balaban J connectivity index is 1.93. The van der Waals surface area contributed by atoms with Gasteiger partial charge in [0.15, 0.2) is 0 Å². The molecular formula is C20H24N2O2. The molecule has 0 unspecified atom stereocenters. The lowest BCUT2D eigenvalue weighted by atomic mass is 9.86. The lowest BCUT2D eigenvalue weighted by molar-refractivity contribution is -0.105. The third kappa shape index (κ3) is 2.17. The number of aromatic nitrogens is 1. The number of aldehydes is 1. The maximum atomic E-state index is 11.5. The van der Waals surface area contributed by atoms with Gasteiger partial charge in [-0.1, -0.05) is 24.3 Å². The van der Waals surface area contributed by atoms with Gasteiger partial charge < -0.3 is 9.67 Å². The van der Waals surface area contributed by atoms with Gasteiger partial charge in [0.1, 0.15) is 12.5 Å². The predicted molar refractivity (Wildman–Crippen MR) is 94.8 cm³/mol. The fourth-order valence-electron chi connectivity index (χ4n) is 4.64. The Bertz CT molecular complexity index is 820. The molecule has 0 saturated heterocycles. The predicted octanol–water partition coefficient (Wildman–Crippen LogP) is 3.22. The molecule has 3 atom stereocenters. The average molecular weight is 324 g/mol. The van der Waals surface area contributed by atoms with Crippen molar-refractivity contribution >= 4 is 17.2 Å². The van der Waals surface area contributed by atoms with Crippen molar-refractivity contribution in [1.82, 2.24) is 9.47 Å². The summed E-state index contributed by atoms with van der Waals surface area (Å²) in [5.41, 5.74) is 4.55. The molecule has 0 amide bonds. The molecule has 0 radical (unpaired) electrons. The number of carbonyl (C=O) groups is 1. The van der Waals surface area contributed by atoms with E-state index >= 15 is 0 Å². The van der Waals surface area contributed by atoms with Crippen molar-refractivity contribution in [2.75, 3.05) is 13.6 Å². The van der Waals surface area contributed by atoms with Gasteiger partial charge in [-0.3, -0.25) is 9.69 Å². The molecule has 0 saturated carbocycles. The highest BCUT2D eigenvalue weighted by atomic mass is 16.3. The van der Waals surface area contributed by atoms with Gasteiger partial charge in [0.05, 0.1) is 11.6 Å². The topological polar surface area (TPSA) is 45.5 Å². The van der Waals surface area contributed by atoms with E-state index in [9.17, 15) is 9.90 Å². The van der Waals surface area contributed by atoms with Crippen molar-refractivity contribution in [3.63, 3.8) is 0 Å². The number of allylic oxidation sites excluding steroid dienone is 2. The van der Waals surface area contributed by atoms with E-state index in [0.717, 1.165) is 36.8 Å². The molecule has 1 N–H and O–H groups in total. The van der Waals surface area contributed by atoms with E-state index in [2.05, 4.69) is 34.7 Å². The van der Waals surface area contributed by atoms with E-state index in [1.165, 1.54) is 16.6 Å². The van der Waals surface area contributed by atoms with Crippen LogP contribution in [0.1, 0.15) is 43.3 Å². The van der Waals surface area contributed by atoms with Gasteiger partial charge in [-0.05, 0) is 56.4 Å². The SMILES string of the molecule is C/C=C(\C=O)[C@@H]1C[C@H]2c3c(c4ccccc4n3[C@@H](O)C1)CCN2C. The van der Waals surface area contributed by atoms with Crippen molar-refractivity contribution < 1.29 is 9.90 Å². The van der Waals surface area contributed by atoms with Crippen molar-refractivity contribution in [3.8, 4) is 0 Å². The molecular weight excluding hydrogens is 300 g/mol. The fraction of sp³-hybridized carbons (Fsp3) is 0.450. The summed E-state index contributed by atoms with van der Waals surface area (Å²) >= 11 is 0. The molecule has 2 aliphatic heterocycles. The van der Waals surface area contributed by atoms with E-state index in [-0.39, 0.29) is 12.0 Å². The Labute approximate surface area is 142 Å². The van der Waals surface area contributed by atoms with E-state index in [1.807, 2.05) is 19.1 Å². The molecule has 1 aromatic heterocycles. The average Bonchev–Trinajstić information content (AvgIpc) is 2.84. The van der Waals surface area contributed by atoms with Crippen LogP contribution in [0.25, 0.3) is 10.9 Å². The minimum absolute atomic E-state index is 0.0968. The lowest BCUT2D eigenvalue weighted by Gasteiger charge is -2.34. The van der Waals surface area contributed by atoms with Crippen LogP contribution in [-0.2, 0) is 11.2 Å². The van der Waals surface area contributed by atoms with Gasteiger partial charge in [-0.25, -0.2) is 0 Å². The number of para-hydroxylation sites is 1. The van der Waals surface area contributed by atoms with Gasteiger partial charge in [0, 0.05) is 17.6 Å². The number of hydrogen-bond acceptors (Lipinski definition) is 3. The third-order valence-electron chi connectivity index (χ3n) is 5.86. The monoisotopic (exact) mass is 324 g/mol. The van der Waals surface area contributed by atoms with Crippen LogP contribution in [0.4, 0.5) is 0 Å². The smallest absolute Gasteiger partial charge is 0.145 e.